The summed E-state index contributed by atoms with van der Waals surface area (Å²) in [5.41, 5.74) is 1.14. The Morgan fingerprint density at radius 2 is 2.08 bits per heavy atom. The highest BCUT2D eigenvalue weighted by molar-refractivity contribution is 8.01. The molecule has 0 saturated carbocycles. The van der Waals surface area contributed by atoms with Gasteiger partial charge in [-0.05, 0) is 16.0 Å². The quantitative estimate of drug-likeness (QED) is 0.747. The van der Waals surface area contributed by atoms with Crippen LogP contribution in [0.15, 0.2) is 35.5 Å². The van der Waals surface area contributed by atoms with Crippen molar-refractivity contribution in [1.82, 2.24) is 20.6 Å². The fourth-order valence-electron chi connectivity index (χ4n) is 0.856. The van der Waals surface area contributed by atoms with Crippen molar-refractivity contribution in [3.63, 3.8) is 0 Å². The molecule has 13 heavy (non-hydrogen) atoms. The van der Waals surface area contributed by atoms with E-state index in [0.717, 1.165) is 5.56 Å². The van der Waals surface area contributed by atoms with E-state index in [0.29, 0.717) is 5.16 Å². The number of aromatic nitrogens is 4. The van der Waals surface area contributed by atoms with Gasteiger partial charge >= 0.3 is 0 Å². The van der Waals surface area contributed by atoms with Crippen LogP contribution in [0, 0.1) is 5.75 Å². The first-order valence-electron chi connectivity index (χ1n) is 3.74. The number of benzene rings is 1. The van der Waals surface area contributed by atoms with Crippen molar-refractivity contribution in [2.75, 3.05) is 0 Å². The molecule has 1 aromatic heterocycles. The fourth-order valence-corrected chi connectivity index (χ4v) is 1.44. The number of aromatic amines is 1. The van der Waals surface area contributed by atoms with Crippen LogP contribution in [0.2, 0.25) is 0 Å². The van der Waals surface area contributed by atoms with Gasteiger partial charge in [0.15, 0.2) is 0 Å². The molecule has 1 heterocycles. The topological polar surface area (TPSA) is 54.5 Å². The normalized spacial score (nSPS) is 10.2. The van der Waals surface area contributed by atoms with Crippen LogP contribution in [0.3, 0.4) is 0 Å². The molecule has 0 aliphatic carbocycles. The van der Waals surface area contributed by atoms with Gasteiger partial charge in [-0.1, -0.05) is 42.1 Å². The van der Waals surface area contributed by atoms with Crippen molar-refractivity contribution >= 4 is 11.8 Å². The van der Waals surface area contributed by atoms with Crippen LogP contribution in [0.25, 0.3) is 0 Å². The zero-order valence-corrected chi connectivity index (χ0v) is 7.53. The first-order valence-corrected chi connectivity index (χ1v) is 4.62. The molecule has 4 nitrogen and oxygen atoms in total. The van der Waals surface area contributed by atoms with Gasteiger partial charge in [0.25, 0.3) is 0 Å². The molecular weight excluding hydrogens is 184 g/mol. The zero-order valence-electron chi connectivity index (χ0n) is 6.71. The van der Waals surface area contributed by atoms with Crippen molar-refractivity contribution < 1.29 is 0 Å². The number of nitrogens with one attached hydrogen (secondary N) is 1. The van der Waals surface area contributed by atoms with E-state index in [1.165, 1.54) is 11.8 Å². The molecule has 0 aliphatic rings. The van der Waals surface area contributed by atoms with Crippen molar-refractivity contribution in [2.45, 2.75) is 5.16 Å². The van der Waals surface area contributed by atoms with Crippen LogP contribution in [-0.4, -0.2) is 20.6 Å². The SMILES string of the molecule is [CH](Sc1nnn[nH]1)c1ccccc1. The van der Waals surface area contributed by atoms with Gasteiger partial charge in [0, 0.05) is 0 Å². The highest BCUT2D eigenvalue weighted by Gasteiger charge is 1.98. The van der Waals surface area contributed by atoms with E-state index in [-0.39, 0.29) is 0 Å². The minimum atomic E-state index is 0.698. The molecule has 0 spiro atoms. The molecule has 0 aliphatic heterocycles. The first kappa shape index (κ1) is 8.25. The molecular formula is C8H7N4S. The van der Waals surface area contributed by atoms with Crippen LogP contribution in [0.4, 0.5) is 0 Å². The Morgan fingerprint density at radius 3 is 2.77 bits per heavy atom. The number of hydrogen-bond acceptors (Lipinski definition) is 4. The lowest BCUT2D eigenvalue weighted by Crippen LogP contribution is -1.78. The van der Waals surface area contributed by atoms with Gasteiger partial charge in [0.2, 0.25) is 5.16 Å². The van der Waals surface area contributed by atoms with E-state index in [1.807, 2.05) is 36.1 Å². The van der Waals surface area contributed by atoms with E-state index < -0.39 is 0 Å². The zero-order chi connectivity index (χ0) is 8.93. The predicted octanol–water partition coefficient (Wildman–Crippen LogP) is 1.50. The Kier molecular flexibility index (Phi) is 2.56. The van der Waals surface area contributed by atoms with Crippen LogP contribution in [0.5, 0.6) is 0 Å². The Hall–Kier alpha value is -1.36. The standard InChI is InChI=1S/C8H7N4S/c1-2-4-7(5-3-1)6-13-8-9-11-12-10-8/h1-6H,(H,9,10,11,12). The van der Waals surface area contributed by atoms with Crippen molar-refractivity contribution in [2.24, 2.45) is 0 Å². The molecule has 0 amide bonds. The molecule has 2 rings (SSSR count). The first-order chi connectivity index (χ1) is 6.45. The van der Waals surface area contributed by atoms with E-state index in [9.17, 15) is 0 Å². The highest BCUT2D eigenvalue weighted by Crippen LogP contribution is 2.19. The number of H-pyrrole nitrogens is 1. The Balaban J connectivity index is 1.94. The number of nitrogens with zero attached hydrogens (tertiary/aromatic N) is 3. The molecule has 1 radical (unpaired) electrons. The summed E-state index contributed by atoms with van der Waals surface area (Å²) in [6, 6.07) is 10.0. The third kappa shape index (κ3) is 2.29. The van der Waals surface area contributed by atoms with E-state index in [1.54, 1.807) is 0 Å². The lowest BCUT2D eigenvalue weighted by atomic mass is 10.2. The molecule has 0 saturated heterocycles. The van der Waals surface area contributed by atoms with Crippen molar-refractivity contribution in [3.05, 3.63) is 41.6 Å². The van der Waals surface area contributed by atoms with Gasteiger partial charge in [-0.15, -0.1) is 5.10 Å². The molecule has 2 aromatic rings. The monoisotopic (exact) mass is 191 g/mol. The molecule has 5 heteroatoms. The predicted molar refractivity (Wildman–Crippen MR) is 49.9 cm³/mol. The molecule has 0 unspecified atom stereocenters. The van der Waals surface area contributed by atoms with Crippen molar-refractivity contribution in [1.29, 1.82) is 0 Å². The molecule has 65 valence electrons. The number of rotatable bonds is 3. The van der Waals surface area contributed by atoms with Gasteiger partial charge in [0.05, 0.1) is 5.75 Å². The summed E-state index contributed by atoms with van der Waals surface area (Å²) in [4.78, 5) is 0. The summed E-state index contributed by atoms with van der Waals surface area (Å²) >= 11 is 1.46. The second-order valence-electron chi connectivity index (χ2n) is 2.35. The maximum Gasteiger partial charge on any atom is 0.207 e. The average Bonchev–Trinajstić information content (AvgIpc) is 2.69. The lowest BCUT2D eigenvalue weighted by molar-refractivity contribution is 0.881. The maximum atomic E-state index is 3.75. The van der Waals surface area contributed by atoms with Gasteiger partial charge in [-0.2, -0.15) is 0 Å². The number of thioether (sulfide) groups is 1. The molecule has 0 fully saturated rings. The maximum absolute atomic E-state index is 3.75. The number of hydrogen-bond donors (Lipinski definition) is 1. The summed E-state index contributed by atoms with van der Waals surface area (Å²) in [6.45, 7) is 0. The lowest BCUT2D eigenvalue weighted by Gasteiger charge is -1.95. The summed E-state index contributed by atoms with van der Waals surface area (Å²) in [5, 5.41) is 14.1. The highest BCUT2D eigenvalue weighted by atomic mass is 32.2. The fraction of sp³-hybridized carbons (Fsp3) is 0. The van der Waals surface area contributed by atoms with Gasteiger partial charge in [-0.25, -0.2) is 5.10 Å². The van der Waals surface area contributed by atoms with Crippen LogP contribution in [-0.2, 0) is 0 Å². The summed E-state index contributed by atoms with van der Waals surface area (Å²) in [6.07, 6.45) is 0. The Bertz CT molecular complexity index is 346. The average molecular weight is 191 g/mol. The molecule has 1 N–H and O–H groups in total. The smallest absolute Gasteiger partial charge is 0.207 e. The Labute approximate surface area is 79.8 Å². The summed E-state index contributed by atoms with van der Waals surface area (Å²) in [5.74, 6) is 1.99. The van der Waals surface area contributed by atoms with Crippen LogP contribution < -0.4 is 0 Å². The molecule has 1 aromatic carbocycles. The largest absolute Gasteiger partial charge is 0.234 e. The van der Waals surface area contributed by atoms with E-state index in [2.05, 4.69) is 20.6 Å². The molecule has 0 bridgehead atoms. The van der Waals surface area contributed by atoms with Crippen molar-refractivity contribution in [3.8, 4) is 0 Å². The Morgan fingerprint density at radius 1 is 1.23 bits per heavy atom. The summed E-state index contributed by atoms with van der Waals surface area (Å²) < 4.78 is 0. The van der Waals surface area contributed by atoms with Gasteiger partial charge < -0.3 is 0 Å². The van der Waals surface area contributed by atoms with Crippen LogP contribution >= 0.6 is 11.8 Å². The van der Waals surface area contributed by atoms with Gasteiger partial charge in [-0.3, -0.25) is 0 Å². The van der Waals surface area contributed by atoms with E-state index in [4.69, 9.17) is 0 Å². The third-order valence-corrected chi connectivity index (χ3v) is 2.22. The minimum Gasteiger partial charge on any atom is -0.234 e. The second kappa shape index (κ2) is 4.04. The van der Waals surface area contributed by atoms with E-state index >= 15 is 0 Å². The molecule has 0 atom stereocenters. The van der Waals surface area contributed by atoms with Crippen LogP contribution in [0.1, 0.15) is 5.56 Å². The third-order valence-electron chi connectivity index (χ3n) is 1.43. The minimum absolute atomic E-state index is 0.698. The second-order valence-corrected chi connectivity index (χ2v) is 3.21. The number of tetrazole rings is 1. The summed E-state index contributed by atoms with van der Waals surface area (Å²) in [7, 11) is 0. The van der Waals surface area contributed by atoms with Gasteiger partial charge in [0.1, 0.15) is 0 Å².